The summed E-state index contributed by atoms with van der Waals surface area (Å²) in [5.74, 6) is 0. The summed E-state index contributed by atoms with van der Waals surface area (Å²) in [7, 11) is 0. The second kappa shape index (κ2) is 10.5. The van der Waals surface area contributed by atoms with Crippen molar-refractivity contribution >= 4 is 0 Å². The maximum absolute atomic E-state index is 10.1. The first-order valence-corrected chi connectivity index (χ1v) is 8.34. The van der Waals surface area contributed by atoms with Crippen LogP contribution >= 0.6 is 0 Å². The molecule has 1 aromatic rings. The second-order valence-corrected chi connectivity index (χ2v) is 5.96. The van der Waals surface area contributed by atoms with Gasteiger partial charge in [-0.05, 0) is 17.5 Å². The number of rotatable bonds is 11. The molecule has 0 aliphatic rings. The lowest BCUT2D eigenvalue weighted by Crippen LogP contribution is -2.27. The molecule has 1 aromatic carbocycles. The van der Waals surface area contributed by atoms with Gasteiger partial charge >= 0.3 is 0 Å². The van der Waals surface area contributed by atoms with Crippen LogP contribution in [0.15, 0.2) is 36.9 Å². The number of unbranched alkanes of at least 4 members (excludes halogenated alkanes) is 4. The van der Waals surface area contributed by atoms with Gasteiger partial charge in [0, 0.05) is 6.42 Å². The van der Waals surface area contributed by atoms with Crippen molar-refractivity contribution < 1.29 is 15.3 Å². The monoisotopic (exact) mass is 306 g/mol. The summed E-state index contributed by atoms with van der Waals surface area (Å²) in [6.45, 7) is 5.73. The SMILES string of the molecule is C=CC(O)c1ccc(CC(O)C(O)CCCCCCC)cc1. The Balaban J connectivity index is 2.36. The van der Waals surface area contributed by atoms with Crippen LogP contribution in [0.3, 0.4) is 0 Å². The van der Waals surface area contributed by atoms with Gasteiger partial charge in [-0.2, -0.15) is 0 Å². The lowest BCUT2D eigenvalue weighted by Gasteiger charge is -2.18. The number of aliphatic hydroxyl groups excluding tert-OH is 3. The predicted octanol–water partition coefficient (Wildman–Crippen LogP) is 3.53. The number of hydrogen-bond donors (Lipinski definition) is 3. The summed E-state index contributed by atoms with van der Waals surface area (Å²) in [5.41, 5.74) is 1.74. The van der Waals surface area contributed by atoms with Crippen molar-refractivity contribution in [2.45, 2.75) is 70.2 Å². The van der Waals surface area contributed by atoms with Crippen molar-refractivity contribution in [1.29, 1.82) is 0 Å². The molecule has 1 rings (SSSR count). The fourth-order valence-corrected chi connectivity index (χ4v) is 2.51. The normalized spacial score (nSPS) is 15.3. The summed E-state index contributed by atoms with van der Waals surface area (Å²) in [6.07, 6.45) is 6.23. The highest BCUT2D eigenvalue weighted by Gasteiger charge is 2.16. The zero-order chi connectivity index (χ0) is 16.4. The molecule has 3 heteroatoms. The first kappa shape index (κ1) is 18.9. The standard InChI is InChI=1S/C19H30O3/c1-3-5-6-7-8-9-18(21)19(22)14-15-10-12-16(13-11-15)17(20)4-2/h4,10-13,17-22H,2-3,5-9,14H2,1H3. The Bertz CT molecular complexity index is 413. The van der Waals surface area contributed by atoms with Gasteiger partial charge in [-0.1, -0.05) is 69.4 Å². The molecule has 0 aromatic heterocycles. The Morgan fingerprint density at radius 1 is 0.955 bits per heavy atom. The van der Waals surface area contributed by atoms with E-state index in [2.05, 4.69) is 13.5 Å². The largest absolute Gasteiger partial charge is 0.390 e. The van der Waals surface area contributed by atoms with E-state index >= 15 is 0 Å². The van der Waals surface area contributed by atoms with E-state index in [1.165, 1.54) is 25.3 Å². The Morgan fingerprint density at radius 2 is 1.59 bits per heavy atom. The molecule has 0 radical (unpaired) electrons. The van der Waals surface area contributed by atoms with Crippen molar-refractivity contribution in [2.24, 2.45) is 0 Å². The fraction of sp³-hybridized carbons (Fsp3) is 0.579. The molecule has 22 heavy (non-hydrogen) atoms. The van der Waals surface area contributed by atoms with Crippen LogP contribution < -0.4 is 0 Å². The third-order valence-corrected chi connectivity index (χ3v) is 4.04. The molecule has 3 N–H and O–H groups in total. The van der Waals surface area contributed by atoms with Crippen molar-refractivity contribution in [3.05, 3.63) is 48.0 Å². The molecule has 0 saturated heterocycles. The maximum Gasteiger partial charge on any atom is 0.0969 e. The van der Waals surface area contributed by atoms with Gasteiger partial charge in [0.15, 0.2) is 0 Å². The highest BCUT2D eigenvalue weighted by molar-refractivity contribution is 5.26. The van der Waals surface area contributed by atoms with Crippen LogP contribution in [0.1, 0.15) is 62.7 Å². The molecule has 0 amide bonds. The van der Waals surface area contributed by atoms with Crippen LogP contribution in [0.2, 0.25) is 0 Å². The van der Waals surface area contributed by atoms with Crippen LogP contribution in [-0.2, 0) is 6.42 Å². The van der Waals surface area contributed by atoms with Gasteiger partial charge in [0.2, 0.25) is 0 Å². The molecule has 3 atom stereocenters. The van der Waals surface area contributed by atoms with Crippen LogP contribution in [0.25, 0.3) is 0 Å². The summed E-state index contributed by atoms with van der Waals surface area (Å²) in [6, 6.07) is 7.40. The third-order valence-electron chi connectivity index (χ3n) is 4.04. The molecule has 124 valence electrons. The Hall–Kier alpha value is -1.16. The molecule has 3 nitrogen and oxygen atoms in total. The summed E-state index contributed by atoms with van der Waals surface area (Å²) in [5, 5.41) is 29.7. The van der Waals surface area contributed by atoms with Gasteiger partial charge in [0.1, 0.15) is 0 Å². The molecule has 0 fully saturated rings. The minimum Gasteiger partial charge on any atom is -0.390 e. The van der Waals surface area contributed by atoms with E-state index in [0.29, 0.717) is 12.8 Å². The zero-order valence-electron chi connectivity index (χ0n) is 13.6. The average Bonchev–Trinajstić information content (AvgIpc) is 2.54. The second-order valence-electron chi connectivity index (χ2n) is 5.96. The molecule has 0 bridgehead atoms. The Labute approximate surface area is 134 Å². The fourth-order valence-electron chi connectivity index (χ4n) is 2.51. The molecular weight excluding hydrogens is 276 g/mol. The van der Waals surface area contributed by atoms with Crippen LogP contribution in [0, 0.1) is 0 Å². The number of aliphatic hydroxyl groups is 3. The minimum atomic E-state index is -0.735. The summed E-state index contributed by atoms with van der Waals surface area (Å²) < 4.78 is 0. The average molecular weight is 306 g/mol. The first-order valence-electron chi connectivity index (χ1n) is 8.34. The topological polar surface area (TPSA) is 60.7 Å². The van der Waals surface area contributed by atoms with E-state index in [1.807, 2.05) is 24.3 Å². The molecule has 0 aliphatic heterocycles. The van der Waals surface area contributed by atoms with Gasteiger partial charge < -0.3 is 15.3 Å². The lowest BCUT2D eigenvalue weighted by atomic mass is 9.98. The van der Waals surface area contributed by atoms with Crippen LogP contribution in [0.4, 0.5) is 0 Å². The van der Waals surface area contributed by atoms with Gasteiger partial charge in [-0.25, -0.2) is 0 Å². The third kappa shape index (κ3) is 6.73. The van der Waals surface area contributed by atoms with Gasteiger partial charge in [-0.15, -0.1) is 6.58 Å². The molecule has 0 aliphatic carbocycles. The molecule has 0 spiro atoms. The molecule has 3 unspecified atom stereocenters. The van der Waals surface area contributed by atoms with E-state index in [1.54, 1.807) is 0 Å². The highest BCUT2D eigenvalue weighted by atomic mass is 16.3. The maximum atomic E-state index is 10.1. The van der Waals surface area contributed by atoms with Crippen molar-refractivity contribution in [3.8, 4) is 0 Å². The van der Waals surface area contributed by atoms with Gasteiger partial charge in [-0.3, -0.25) is 0 Å². The van der Waals surface area contributed by atoms with E-state index in [9.17, 15) is 15.3 Å². The smallest absolute Gasteiger partial charge is 0.0969 e. The molecular formula is C19H30O3. The van der Waals surface area contributed by atoms with Gasteiger partial charge in [0.05, 0.1) is 18.3 Å². The highest BCUT2D eigenvalue weighted by Crippen LogP contribution is 2.17. The number of hydrogen-bond acceptors (Lipinski definition) is 3. The first-order chi connectivity index (χ1) is 10.6. The Morgan fingerprint density at radius 3 is 2.18 bits per heavy atom. The predicted molar refractivity (Wildman–Crippen MR) is 90.7 cm³/mol. The van der Waals surface area contributed by atoms with E-state index in [0.717, 1.165) is 24.0 Å². The quantitative estimate of drug-likeness (QED) is 0.433. The summed E-state index contributed by atoms with van der Waals surface area (Å²) in [4.78, 5) is 0. The van der Waals surface area contributed by atoms with Crippen molar-refractivity contribution in [3.63, 3.8) is 0 Å². The molecule has 0 heterocycles. The van der Waals surface area contributed by atoms with E-state index < -0.39 is 18.3 Å². The van der Waals surface area contributed by atoms with Gasteiger partial charge in [0.25, 0.3) is 0 Å². The van der Waals surface area contributed by atoms with Crippen LogP contribution in [0.5, 0.6) is 0 Å². The Kier molecular flexibility index (Phi) is 9.05. The van der Waals surface area contributed by atoms with Crippen LogP contribution in [-0.4, -0.2) is 27.5 Å². The van der Waals surface area contributed by atoms with Crippen molar-refractivity contribution in [2.75, 3.05) is 0 Å². The van der Waals surface area contributed by atoms with E-state index in [4.69, 9.17) is 0 Å². The zero-order valence-corrected chi connectivity index (χ0v) is 13.6. The lowest BCUT2D eigenvalue weighted by molar-refractivity contribution is 0.0137. The number of benzene rings is 1. The molecule has 0 saturated carbocycles. The van der Waals surface area contributed by atoms with E-state index in [-0.39, 0.29) is 0 Å². The minimum absolute atomic E-state index is 0.431. The van der Waals surface area contributed by atoms with Crippen molar-refractivity contribution in [1.82, 2.24) is 0 Å². The summed E-state index contributed by atoms with van der Waals surface area (Å²) >= 11 is 0.